The van der Waals surface area contributed by atoms with Crippen molar-refractivity contribution in [2.45, 2.75) is 20.0 Å². The molecule has 1 atom stereocenters. The summed E-state index contributed by atoms with van der Waals surface area (Å²) in [6.45, 7) is 3.56. The molecule has 0 bridgehead atoms. The molecule has 128 valence electrons. The summed E-state index contributed by atoms with van der Waals surface area (Å²) in [5.41, 5.74) is 2.36. The van der Waals surface area contributed by atoms with Crippen LogP contribution in [0.1, 0.15) is 11.1 Å². The van der Waals surface area contributed by atoms with E-state index in [0.717, 1.165) is 11.1 Å². The first-order chi connectivity index (χ1) is 11.4. The molecule has 7 heteroatoms. The van der Waals surface area contributed by atoms with Gasteiger partial charge in [0.2, 0.25) is 0 Å². The number of hydrogen-bond donors (Lipinski definition) is 3. The van der Waals surface area contributed by atoms with E-state index in [1.165, 1.54) is 12.1 Å². The van der Waals surface area contributed by atoms with Crippen LogP contribution in [0.4, 0.5) is 11.4 Å². The molecule has 2 rings (SSSR count). The largest absolute Gasteiger partial charge is 0.457 e. The first-order valence-electron chi connectivity index (χ1n) is 7.46. The zero-order chi connectivity index (χ0) is 17.7. The van der Waals surface area contributed by atoms with Gasteiger partial charge >= 0.3 is 0 Å². The summed E-state index contributed by atoms with van der Waals surface area (Å²) in [5, 5.41) is 32.2. The molecule has 1 unspecified atom stereocenters. The highest BCUT2D eigenvalue weighted by Crippen LogP contribution is 2.30. The van der Waals surface area contributed by atoms with Crippen LogP contribution in [0.25, 0.3) is 0 Å². The number of anilines is 1. The van der Waals surface area contributed by atoms with Gasteiger partial charge in [0, 0.05) is 24.4 Å². The number of aliphatic hydroxyl groups excluding tert-OH is 2. The summed E-state index contributed by atoms with van der Waals surface area (Å²) < 4.78 is 5.75. The highest BCUT2D eigenvalue weighted by Gasteiger charge is 2.12. The number of benzene rings is 2. The number of non-ortho nitro benzene ring substituents is 1. The van der Waals surface area contributed by atoms with Crippen molar-refractivity contribution < 1.29 is 19.9 Å². The topological polar surface area (TPSA) is 105 Å². The molecule has 0 aliphatic carbocycles. The van der Waals surface area contributed by atoms with Crippen molar-refractivity contribution in [1.82, 2.24) is 0 Å². The van der Waals surface area contributed by atoms with Crippen LogP contribution in [0.2, 0.25) is 0 Å². The normalized spacial score (nSPS) is 11.8. The van der Waals surface area contributed by atoms with Crippen molar-refractivity contribution in [3.05, 3.63) is 57.6 Å². The predicted molar refractivity (Wildman–Crippen MR) is 90.7 cm³/mol. The van der Waals surface area contributed by atoms with Crippen LogP contribution in [0, 0.1) is 24.0 Å². The van der Waals surface area contributed by atoms with Gasteiger partial charge in [-0.3, -0.25) is 10.1 Å². The number of nitrogens with zero attached hydrogens (tertiary/aromatic N) is 1. The van der Waals surface area contributed by atoms with E-state index in [4.69, 9.17) is 9.84 Å². The van der Waals surface area contributed by atoms with E-state index in [1.54, 1.807) is 6.07 Å². The monoisotopic (exact) mass is 332 g/mol. The van der Waals surface area contributed by atoms with Gasteiger partial charge < -0.3 is 20.3 Å². The lowest BCUT2D eigenvalue weighted by molar-refractivity contribution is -0.384. The summed E-state index contributed by atoms with van der Waals surface area (Å²) in [5.74, 6) is 0.907. The van der Waals surface area contributed by atoms with Crippen molar-refractivity contribution in [2.75, 3.05) is 18.5 Å². The van der Waals surface area contributed by atoms with Crippen molar-refractivity contribution in [1.29, 1.82) is 0 Å². The minimum atomic E-state index is -0.951. The van der Waals surface area contributed by atoms with E-state index in [2.05, 4.69) is 5.32 Å². The predicted octanol–water partition coefficient (Wildman–Crippen LogP) is 2.77. The third-order valence-electron chi connectivity index (χ3n) is 3.29. The van der Waals surface area contributed by atoms with E-state index in [0.29, 0.717) is 17.2 Å². The minimum Gasteiger partial charge on any atom is -0.457 e. The van der Waals surface area contributed by atoms with Gasteiger partial charge in [-0.05, 0) is 37.1 Å². The Labute approximate surface area is 139 Å². The fourth-order valence-corrected chi connectivity index (χ4v) is 2.28. The number of nitro benzene ring substituents is 1. The number of aliphatic hydroxyl groups is 2. The zero-order valence-corrected chi connectivity index (χ0v) is 13.5. The molecule has 0 amide bonds. The standard InChI is InChI=1S/C17H20N2O5/c1-11-3-12(2)5-16(4-11)24-17-7-13(18-9-15(21)10-20)6-14(8-17)19(22)23/h3-8,15,18,20-21H,9-10H2,1-2H3. The highest BCUT2D eigenvalue weighted by atomic mass is 16.6. The molecular formula is C17H20N2O5. The van der Waals surface area contributed by atoms with Crippen LogP contribution in [0.15, 0.2) is 36.4 Å². The molecular weight excluding hydrogens is 312 g/mol. The lowest BCUT2D eigenvalue weighted by Gasteiger charge is -2.12. The van der Waals surface area contributed by atoms with Gasteiger partial charge in [0.15, 0.2) is 0 Å². The third kappa shape index (κ3) is 4.94. The number of nitro groups is 1. The van der Waals surface area contributed by atoms with Crippen molar-refractivity contribution in [3.8, 4) is 11.5 Å². The number of nitrogens with one attached hydrogen (secondary N) is 1. The van der Waals surface area contributed by atoms with Gasteiger partial charge in [-0.25, -0.2) is 0 Å². The Balaban J connectivity index is 2.27. The molecule has 0 aliphatic heterocycles. The second-order valence-electron chi connectivity index (χ2n) is 5.62. The Morgan fingerprint density at radius 1 is 1.12 bits per heavy atom. The fraction of sp³-hybridized carbons (Fsp3) is 0.294. The Hall–Kier alpha value is -2.64. The van der Waals surface area contributed by atoms with E-state index < -0.39 is 17.6 Å². The minimum absolute atomic E-state index is 0.0701. The van der Waals surface area contributed by atoms with E-state index in [1.807, 2.05) is 32.0 Å². The lowest BCUT2D eigenvalue weighted by atomic mass is 10.1. The van der Waals surface area contributed by atoms with E-state index in [9.17, 15) is 15.2 Å². The van der Waals surface area contributed by atoms with Gasteiger partial charge in [-0.2, -0.15) is 0 Å². The van der Waals surface area contributed by atoms with Gasteiger partial charge in [0.1, 0.15) is 11.5 Å². The SMILES string of the molecule is Cc1cc(C)cc(Oc2cc(NCC(O)CO)cc([N+](=O)[O-])c2)c1. The molecule has 0 saturated heterocycles. The third-order valence-corrected chi connectivity index (χ3v) is 3.29. The molecule has 0 heterocycles. The summed E-state index contributed by atoms with van der Waals surface area (Å²) in [7, 11) is 0. The lowest BCUT2D eigenvalue weighted by Crippen LogP contribution is -2.22. The zero-order valence-electron chi connectivity index (χ0n) is 13.5. The van der Waals surface area contributed by atoms with Crippen LogP contribution in [-0.4, -0.2) is 34.4 Å². The number of hydrogen-bond acceptors (Lipinski definition) is 6. The Morgan fingerprint density at radius 2 is 1.75 bits per heavy atom. The number of aryl methyl sites for hydroxylation is 2. The average Bonchev–Trinajstić information content (AvgIpc) is 2.51. The second kappa shape index (κ2) is 7.76. The molecule has 0 fully saturated rings. The molecule has 0 aromatic heterocycles. The van der Waals surface area contributed by atoms with Crippen molar-refractivity contribution in [2.24, 2.45) is 0 Å². The molecule has 0 saturated carbocycles. The Kier molecular flexibility index (Phi) is 5.73. The second-order valence-corrected chi connectivity index (χ2v) is 5.62. The van der Waals surface area contributed by atoms with E-state index >= 15 is 0 Å². The van der Waals surface area contributed by atoms with Crippen LogP contribution in [-0.2, 0) is 0 Å². The molecule has 2 aromatic carbocycles. The first-order valence-corrected chi connectivity index (χ1v) is 7.46. The highest BCUT2D eigenvalue weighted by molar-refractivity contribution is 5.57. The van der Waals surface area contributed by atoms with Crippen LogP contribution < -0.4 is 10.1 Å². The molecule has 0 spiro atoms. The molecule has 7 nitrogen and oxygen atoms in total. The van der Waals surface area contributed by atoms with Crippen molar-refractivity contribution >= 4 is 11.4 Å². The number of rotatable bonds is 7. The van der Waals surface area contributed by atoms with Gasteiger partial charge in [-0.15, -0.1) is 0 Å². The van der Waals surface area contributed by atoms with Gasteiger partial charge in [0.05, 0.1) is 23.7 Å². The van der Waals surface area contributed by atoms with Crippen LogP contribution in [0.5, 0.6) is 11.5 Å². The first kappa shape index (κ1) is 17.7. The maximum Gasteiger partial charge on any atom is 0.275 e. The number of ether oxygens (including phenoxy) is 1. The summed E-state index contributed by atoms with van der Waals surface area (Å²) in [6, 6.07) is 9.98. The van der Waals surface area contributed by atoms with E-state index in [-0.39, 0.29) is 12.2 Å². The quantitative estimate of drug-likeness (QED) is 0.532. The summed E-state index contributed by atoms with van der Waals surface area (Å²) in [4.78, 5) is 10.6. The van der Waals surface area contributed by atoms with Gasteiger partial charge in [-0.1, -0.05) is 6.07 Å². The Bertz CT molecular complexity index is 713. The van der Waals surface area contributed by atoms with Crippen LogP contribution in [0.3, 0.4) is 0 Å². The van der Waals surface area contributed by atoms with Crippen LogP contribution >= 0.6 is 0 Å². The molecule has 3 N–H and O–H groups in total. The molecule has 24 heavy (non-hydrogen) atoms. The molecule has 2 aromatic rings. The Morgan fingerprint density at radius 3 is 2.33 bits per heavy atom. The maximum absolute atomic E-state index is 11.1. The maximum atomic E-state index is 11.1. The summed E-state index contributed by atoms with van der Waals surface area (Å²) in [6.07, 6.45) is -0.951. The summed E-state index contributed by atoms with van der Waals surface area (Å²) >= 11 is 0. The smallest absolute Gasteiger partial charge is 0.275 e. The van der Waals surface area contributed by atoms with Gasteiger partial charge in [0.25, 0.3) is 5.69 Å². The molecule has 0 aliphatic rings. The molecule has 0 radical (unpaired) electrons. The average molecular weight is 332 g/mol. The fourth-order valence-electron chi connectivity index (χ4n) is 2.28. The van der Waals surface area contributed by atoms with Crippen molar-refractivity contribution in [3.63, 3.8) is 0 Å².